The Labute approximate surface area is 219 Å². The molecule has 0 unspecified atom stereocenters. The third kappa shape index (κ3) is 5.41. The number of pyridine rings is 1. The summed E-state index contributed by atoms with van der Waals surface area (Å²) in [5, 5.41) is 14.0. The number of phenols is 1. The number of ether oxygens (including phenoxy) is 1. The number of benzene rings is 2. The zero-order chi connectivity index (χ0) is 25.8. The number of halogens is 2. The molecule has 2 heterocycles. The second-order valence-electron chi connectivity index (χ2n) is 8.17. The van der Waals surface area contributed by atoms with Gasteiger partial charge in [0.1, 0.15) is 23.8 Å². The highest BCUT2D eigenvalue weighted by Gasteiger charge is 2.18. The molecule has 4 rings (SSSR count). The fraction of sp³-hybridized carbons (Fsp3) is 0.269. The minimum atomic E-state index is -0.354. The Morgan fingerprint density at radius 1 is 1.11 bits per heavy atom. The molecule has 0 aliphatic rings. The highest BCUT2D eigenvalue weighted by molar-refractivity contribution is 6.40. The molecule has 0 spiro atoms. The fourth-order valence-electron chi connectivity index (χ4n) is 3.87. The largest absolute Gasteiger partial charge is 0.506 e. The maximum Gasteiger partial charge on any atom is 0.259 e. The summed E-state index contributed by atoms with van der Waals surface area (Å²) in [5.41, 5.74) is 1.38. The minimum Gasteiger partial charge on any atom is -0.506 e. The van der Waals surface area contributed by atoms with E-state index < -0.39 is 0 Å². The third-order valence-corrected chi connectivity index (χ3v) is 6.67. The number of aromatic nitrogens is 3. The number of nitrogens with one attached hydrogen (secondary N) is 1. The second kappa shape index (κ2) is 11.2. The molecular formula is C26H27Cl2N5O3. The highest BCUT2D eigenvalue weighted by Crippen LogP contribution is 2.39. The monoisotopic (exact) mass is 527 g/mol. The molecule has 0 bridgehead atoms. The van der Waals surface area contributed by atoms with Gasteiger partial charge in [-0.15, -0.1) is 0 Å². The van der Waals surface area contributed by atoms with Gasteiger partial charge in [0.15, 0.2) is 0 Å². The second-order valence-corrected chi connectivity index (χ2v) is 8.96. The van der Waals surface area contributed by atoms with Gasteiger partial charge in [-0.3, -0.25) is 9.36 Å². The van der Waals surface area contributed by atoms with Gasteiger partial charge in [0.25, 0.3) is 5.56 Å². The number of likely N-dealkylation sites (N-methyl/N-ethyl adjacent to an activating group) is 1. The molecule has 2 N–H and O–H groups in total. The Balaban J connectivity index is 1.55. The normalized spacial score (nSPS) is 11.3. The zero-order valence-corrected chi connectivity index (χ0v) is 21.8. The van der Waals surface area contributed by atoms with Gasteiger partial charge in [0, 0.05) is 36.4 Å². The lowest BCUT2D eigenvalue weighted by molar-refractivity contribution is 0.223. The number of nitrogens with zero attached hydrogens (tertiary/aromatic N) is 4. The average Bonchev–Trinajstić information content (AvgIpc) is 2.88. The van der Waals surface area contributed by atoms with Crippen LogP contribution in [0.4, 0.5) is 11.6 Å². The fourth-order valence-corrected chi connectivity index (χ4v) is 4.44. The van der Waals surface area contributed by atoms with Gasteiger partial charge >= 0.3 is 0 Å². The van der Waals surface area contributed by atoms with Gasteiger partial charge in [-0.05, 0) is 55.6 Å². The van der Waals surface area contributed by atoms with Crippen molar-refractivity contribution in [2.24, 2.45) is 7.05 Å². The molecule has 188 valence electrons. The van der Waals surface area contributed by atoms with Crippen LogP contribution in [0.2, 0.25) is 10.0 Å². The third-order valence-electron chi connectivity index (χ3n) is 5.97. The van der Waals surface area contributed by atoms with Gasteiger partial charge in [0.2, 0.25) is 5.95 Å². The number of aromatic hydroxyl groups is 1. The first-order valence-electron chi connectivity index (χ1n) is 11.6. The lowest BCUT2D eigenvalue weighted by Crippen LogP contribution is -2.27. The van der Waals surface area contributed by atoms with E-state index in [1.165, 1.54) is 16.7 Å². The summed E-state index contributed by atoms with van der Waals surface area (Å²) in [6.07, 6.45) is 1.61. The topological polar surface area (TPSA) is 92.5 Å². The van der Waals surface area contributed by atoms with E-state index in [1.807, 2.05) is 24.3 Å². The van der Waals surface area contributed by atoms with Crippen molar-refractivity contribution in [1.82, 2.24) is 19.4 Å². The van der Waals surface area contributed by atoms with E-state index in [1.54, 1.807) is 19.3 Å². The van der Waals surface area contributed by atoms with Crippen LogP contribution in [-0.2, 0) is 7.05 Å². The van der Waals surface area contributed by atoms with Gasteiger partial charge in [0.05, 0.1) is 15.6 Å². The number of anilines is 2. The van der Waals surface area contributed by atoms with Crippen LogP contribution in [0.25, 0.3) is 22.2 Å². The Kier molecular flexibility index (Phi) is 7.98. The van der Waals surface area contributed by atoms with Crippen molar-refractivity contribution in [2.45, 2.75) is 13.8 Å². The Bertz CT molecular complexity index is 1440. The first-order chi connectivity index (χ1) is 17.3. The molecule has 0 amide bonds. The highest BCUT2D eigenvalue weighted by atomic mass is 35.5. The summed E-state index contributed by atoms with van der Waals surface area (Å²) < 4.78 is 7.23. The van der Waals surface area contributed by atoms with E-state index in [2.05, 4.69) is 34.0 Å². The van der Waals surface area contributed by atoms with Crippen LogP contribution in [0.5, 0.6) is 11.5 Å². The predicted octanol–water partition coefficient (Wildman–Crippen LogP) is 5.47. The number of aryl methyl sites for hydroxylation is 1. The number of hydrogen-bond acceptors (Lipinski definition) is 7. The molecule has 2 aromatic carbocycles. The molecular weight excluding hydrogens is 501 g/mol. The summed E-state index contributed by atoms with van der Waals surface area (Å²) in [6.45, 7) is 7.77. The minimum absolute atomic E-state index is 0.0126. The van der Waals surface area contributed by atoms with Crippen molar-refractivity contribution < 1.29 is 9.84 Å². The maximum absolute atomic E-state index is 13.1. The molecule has 0 aliphatic heterocycles. The van der Waals surface area contributed by atoms with E-state index in [0.717, 1.165) is 31.1 Å². The van der Waals surface area contributed by atoms with Crippen molar-refractivity contribution in [1.29, 1.82) is 0 Å². The smallest absolute Gasteiger partial charge is 0.259 e. The van der Waals surface area contributed by atoms with Crippen LogP contribution in [0.15, 0.2) is 53.5 Å². The van der Waals surface area contributed by atoms with Gasteiger partial charge < -0.3 is 20.1 Å². The van der Waals surface area contributed by atoms with Crippen molar-refractivity contribution in [3.63, 3.8) is 0 Å². The maximum atomic E-state index is 13.1. The molecule has 10 heteroatoms. The molecule has 0 fully saturated rings. The molecule has 0 radical (unpaired) electrons. The molecule has 2 aromatic heterocycles. The molecule has 0 saturated carbocycles. The summed E-state index contributed by atoms with van der Waals surface area (Å²) in [7, 11) is 1.61. The van der Waals surface area contributed by atoms with Gasteiger partial charge in [-0.25, -0.2) is 4.98 Å². The summed E-state index contributed by atoms with van der Waals surface area (Å²) in [5.74, 6) is 0.967. The molecule has 4 aromatic rings. The molecule has 8 nitrogen and oxygen atoms in total. The van der Waals surface area contributed by atoms with Crippen molar-refractivity contribution in [2.75, 3.05) is 31.6 Å². The van der Waals surface area contributed by atoms with E-state index >= 15 is 0 Å². The number of phenolic OH excluding ortho intramolecular Hbond substituents is 1. The lowest BCUT2D eigenvalue weighted by Gasteiger charge is -2.18. The molecule has 0 atom stereocenters. The Hall–Kier alpha value is -3.33. The summed E-state index contributed by atoms with van der Waals surface area (Å²) >= 11 is 12.6. The zero-order valence-electron chi connectivity index (χ0n) is 20.3. The Morgan fingerprint density at radius 2 is 1.83 bits per heavy atom. The molecule has 0 saturated heterocycles. The van der Waals surface area contributed by atoms with Crippen molar-refractivity contribution in [3.8, 4) is 22.6 Å². The summed E-state index contributed by atoms with van der Waals surface area (Å²) in [6, 6.07) is 12.0. The summed E-state index contributed by atoms with van der Waals surface area (Å²) in [4.78, 5) is 24.4. The molecule has 36 heavy (non-hydrogen) atoms. The van der Waals surface area contributed by atoms with Crippen LogP contribution in [0, 0.1) is 0 Å². The predicted molar refractivity (Wildman–Crippen MR) is 145 cm³/mol. The van der Waals surface area contributed by atoms with E-state index in [9.17, 15) is 9.90 Å². The van der Waals surface area contributed by atoms with Crippen LogP contribution < -0.4 is 15.6 Å². The first kappa shape index (κ1) is 25.8. The van der Waals surface area contributed by atoms with Gasteiger partial charge in [-0.1, -0.05) is 37.0 Å². The lowest BCUT2D eigenvalue weighted by atomic mass is 10.1. The number of rotatable bonds is 9. The van der Waals surface area contributed by atoms with Gasteiger partial charge in [-0.2, -0.15) is 4.98 Å². The average molecular weight is 528 g/mol. The van der Waals surface area contributed by atoms with Crippen molar-refractivity contribution >= 4 is 45.9 Å². The van der Waals surface area contributed by atoms with E-state index in [-0.39, 0.29) is 32.5 Å². The van der Waals surface area contributed by atoms with E-state index in [4.69, 9.17) is 27.9 Å². The van der Waals surface area contributed by atoms with Crippen LogP contribution >= 0.6 is 23.2 Å². The van der Waals surface area contributed by atoms with Crippen LogP contribution in [0.3, 0.4) is 0 Å². The SMILES string of the molecule is CCN(CC)CCOc1ccc(Nc2ncc3cc(-c4c(Cl)ccc(O)c4Cl)c(=O)n(C)c3n2)cc1. The van der Waals surface area contributed by atoms with Crippen LogP contribution in [-0.4, -0.2) is 50.8 Å². The first-order valence-corrected chi connectivity index (χ1v) is 12.3. The standard InChI is InChI=1S/C26H27Cl2N5O3/c1-4-33(5-2)12-13-36-18-8-6-17(7-9-18)30-26-29-15-16-14-19(25(35)32(3)24(16)31-26)22-20(27)10-11-21(34)23(22)28/h6-11,14-15,34H,4-5,12-13H2,1-3H3,(H,29,30,31). The van der Waals surface area contributed by atoms with E-state index in [0.29, 0.717) is 23.6 Å². The number of hydrogen-bond donors (Lipinski definition) is 2. The van der Waals surface area contributed by atoms with Crippen molar-refractivity contribution in [3.05, 3.63) is 69.1 Å². The quantitative estimate of drug-likeness (QED) is 0.298. The molecule has 0 aliphatic carbocycles. The Morgan fingerprint density at radius 3 is 2.53 bits per heavy atom. The number of fused-ring (bicyclic) bond motifs is 1. The van der Waals surface area contributed by atoms with Crippen LogP contribution in [0.1, 0.15) is 13.8 Å².